The van der Waals surface area contributed by atoms with Gasteiger partial charge in [-0.3, -0.25) is 0 Å². The van der Waals surface area contributed by atoms with Crippen molar-refractivity contribution in [1.29, 1.82) is 0 Å². The van der Waals surface area contributed by atoms with Gasteiger partial charge in [0.15, 0.2) is 0 Å². The van der Waals surface area contributed by atoms with Crippen LogP contribution in [0.15, 0.2) is 24.3 Å². The SMILES string of the molecule is CNC(c1cccc(OC)c1)C1CCC(C)O1. The van der Waals surface area contributed by atoms with Crippen molar-refractivity contribution in [3.05, 3.63) is 29.8 Å². The fraction of sp³-hybridized carbons (Fsp3) is 0.571. The Morgan fingerprint density at radius 1 is 1.41 bits per heavy atom. The Bertz CT molecular complexity index is 367. The molecule has 1 heterocycles. The van der Waals surface area contributed by atoms with Crippen molar-refractivity contribution in [2.75, 3.05) is 14.2 Å². The number of nitrogens with one attached hydrogen (secondary N) is 1. The van der Waals surface area contributed by atoms with Gasteiger partial charge in [-0.25, -0.2) is 0 Å². The number of benzene rings is 1. The Kier molecular flexibility index (Phi) is 4.02. The Morgan fingerprint density at radius 2 is 2.24 bits per heavy atom. The summed E-state index contributed by atoms with van der Waals surface area (Å²) in [6.45, 7) is 2.14. The third-order valence-corrected chi connectivity index (χ3v) is 3.40. The van der Waals surface area contributed by atoms with Crippen LogP contribution in [0.1, 0.15) is 31.4 Å². The lowest BCUT2D eigenvalue weighted by atomic mass is 9.99. The summed E-state index contributed by atoms with van der Waals surface area (Å²) >= 11 is 0. The maximum absolute atomic E-state index is 5.94. The molecule has 0 radical (unpaired) electrons. The lowest BCUT2D eigenvalue weighted by Crippen LogP contribution is -2.29. The summed E-state index contributed by atoms with van der Waals surface area (Å²) in [7, 11) is 3.68. The standard InChI is InChI=1S/C14H21NO2/c1-10-7-8-13(17-10)14(15-2)11-5-4-6-12(9-11)16-3/h4-6,9-10,13-15H,7-8H2,1-3H3. The highest BCUT2D eigenvalue weighted by molar-refractivity contribution is 5.31. The molecule has 2 rings (SSSR count). The highest BCUT2D eigenvalue weighted by atomic mass is 16.5. The van der Waals surface area contributed by atoms with Crippen LogP contribution >= 0.6 is 0 Å². The molecular weight excluding hydrogens is 214 g/mol. The van der Waals surface area contributed by atoms with Crippen molar-refractivity contribution in [2.24, 2.45) is 0 Å². The molecule has 0 saturated carbocycles. The van der Waals surface area contributed by atoms with E-state index in [0.29, 0.717) is 6.10 Å². The molecule has 0 spiro atoms. The highest BCUT2D eigenvalue weighted by Crippen LogP contribution is 2.31. The van der Waals surface area contributed by atoms with Crippen LogP contribution in [-0.2, 0) is 4.74 Å². The molecule has 3 unspecified atom stereocenters. The molecule has 1 aliphatic rings. The van der Waals surface area contributed by atoms with Gasteiger partial charge in [-0.1, -0.05) is 12.1 Å². The summed E-state index contributed by atoms with van der Waals surface area (Å²) in [6.07, 6.45) is 2.90. The van der Waals surface area contributed by atoms with Crippen molar-refractivity contribution in [3.63, 3.8) is 0 Å². The van der Waals surface area contributed by atoms with E-state index in [4.69, 9.17) is 9.47 Å². The molecule has 0 aromatic heterocycles. The Balaban J connectivity index is 2.16. The summed E-state index contributed by atoms with van der Waals surface area (Å²) in [5.41, 5.74) is 1.23. The Morgan fingerprint density at radius 3 is 2.82 bits per heavy atom. The number of ether oxygens (including phenoxy) is 2. The molecule has 3 atom stereocenters. The number of methoxy groups -OCH3 is 1. The average Bonchev–Trinajstić information content (AvgIpc) is 2.77. The van der Waals surface area contributed by atoms with Gasteiger partial charge in [0.2, 0.25) is 0 Å². The lowest BCUT2D eigenvalue weighted by Gasteiger charge is -2.24. The van der Waals surface area contributed by atoms with E-state index in [1.165, 1.54) is 5.56 Å². The maximum Gasteiger partial charge on any atom is 0.119 e. The van der Waals surface area contributed by atoms with Gasteiger partial charge >= 0.3 is 0 Å². The molecule has 1 saturated heterocycles. The van der Waals surface area contributed by atoms with Gasteiger partial charge < -0.3 is 14.8 Å². The summed E-state index contributed by atoms with van der Waals surface area (Å²) in [6, 6.07) is 8.43. The topological polar surface area (TPSA) is 30.5 Å². The minimum absolute atomic E-state index is 0.245. The van der Waals surface area contributed by atoms with E-state index >= 15 is 0 Å². The smallest absolute Gasteiger partial charge is 0.119 e. The van der Waals surface area contributed by atoms with Crippen LogP contribution in [0.4, 0.5) is 0 Å². The number of hydrogen-bond donors (Lipinski definition) is 1. The first-order valence-electron chi connectivity index (χ1n) is 6.21. The maximum atomic E-state index is 5.94. The minimum atomic E-state index is 0.245. The second-order valence-corrected chi connectivity index (χ2v) is 4.61. The van der Waals surface area contributed by atoms with E-state index in [1.807, 2.05) is 19.2 Å². The fourth-order valence-electron chi connectivity index (χ4n) is 2.48. The van der Waals surface area contributed by atoms with E-state index in [9.17, 15) is 0 Å². The van der Waals surface area contributed by atoms with E-state index in [2.05, 4.69) is 24.4 Å². The van der Waals surface area contributed by atoms with Crippen LogP contribution in [0.25, 0.3) is 0 Å². The summed E-state index contributed by atoms with van der Waals surface area (Å²) < 4.78 is 11.2. The summed E-state index contributed by atoms with van der Waals surface area (Å²) in [4.78, 5) is 0. The largest absolute Gasteiger partial charge is 0.497 e. The quantitative estimate of drug-likeness (QED) is 0.870. The fourth-order valence-corrected chi connectivity index (χ4v) is 2.48. The number of likely N-dealkylation sites (N-methyl/N-ethyl adjacent to an activating group) is 1. The van der Waals surface area contributed by atoms with Crippen LogP contribution < -0.4 is 10.1 Å². The molecule has 17 heavy (non-hydrogen) atoms. The third-order valence-electron chi connectivity index (χ3n) is 3.40. The predicted octanol–water partition coefficient (Wildman–Crippen LogP) is 2.52. The predicted molar refractivity (Wildman–Crippen MR) is 68.4 cm³/mol. The monoisotopic (exact) mass is 235 g/mol. The van der Waals surface area contributed by atoms with Crippen molar-refractivity contribution < 1.29 is 9.47 Å². The van der Waals surface area contributed by atoms with Gasteiger partial charge in [0.1, 0.15) is 5.75 Å². The van der Waals surface area contributed by atoms with E-state index in [0.717, 1.165) is 18.6 Å². The lowest BCUT2D eigenvalue weighted by molar-refractivity contribution is 0.0333. The molecule has 1 N–H and O–H groups in total. The Hall–Kier alpha value is -1.06. The van der Waals surface area contributed by atoms with E-state index in [1.54, 1.807) is 7.11 Å². The molecule has 94 valence electrons. The zero-order valence-electron chi connectivity index (χ0n) is 10.8. The first-order valence-corrected chi connectivity index (χ1v) is 6.21. The molecule has 3 nitrogen and oxygen atoms in total. The highest BCUT2D eigenvalue weighted by Gasteiger charge is 2.29. The molecule has 1 fully saturated rings. The van der Waals surface area contributed by atoms with Gasteiger partial charge in [0.25, 0.3) is 0 Å². The van der Waals surface area contributed by atoms with Gasteiger partial charge in [-0.05, 0) is 44.5 Å². The van der Waals surface area contributed by atoms with E-state index < -0.39 is 0 Å². The first kappa shape index (κ1) is 12.4. The zero-order valence-corrected chi connectivity index (χ0v) is 10.8. The number of rotatable bonds is 4. The van der Waals surface area contributed by atoms with Crippen molar-refractivity contribution in [2.45, 2.75) is 38.0 Å². The van der Waals surface area contributed by atoms with Gasteiger partial charge in [-0.2, -0.15) is 0 Å². The van der Waals surface area contributed by atoms with Crippen molar-refractivity contribution in [3.8, 4) is 5.75 Å². The van der Waals surface area contributed by atoms with Crippen molar-refractivity contribution >= 4 is 0 Å². The molecule has 0 bridgehead atoms. The molecule has 0 amide bonds. The van der Waals surface area contributed by atoms with Gasteiger partial charge in [0.05, 0.1) is 25.4 Å². The van der Waals surface area contributed by atoms with Gasteiger partial charge in [-0.15, -0.1) is 0 Å². The zero-order chi connectivity index (χ0) is 12.3. The minimum Gasteiger partial charge on any atom is -0.497 e. The van der Waals surface area contributed by atoms with Crippen LogP contribution in [0, 0.1) is 0 Å². The second kappa shape index (κ2) is 5.52. The summed E-state index contributed by atoms with van der Waals surface area (Å²) in [5.74, 6) is 0.897. The van der Waals surface area contributed by atoms with Crippen LogP contribution in [0.3, 0.4) is 0 Å². The number of hydrogen-bond acceptors (Lipinski definition) is 3. The van der Waals surface area contributed by atoms with Crippen LogP contribution in [0.2, 0.25) is 0 Å². The molecule has 0 aliphatic carbocycles. The first-order chi connectivity index (χ1) is 8.24. The van der Waals surface area contributed by atoms with E-state index in [-0.39, 0.29) is 12.1 Å². The van der Waals surface area contributed by atoms with Crippen LogP contribution in [0.5, 0.6) is 5.75 Å². The Labute approximate surface area is 103 Å². The molecule has 1 aromatic rings. The average molecular weight is 235 g/mol. The molecule has 1 aromatic carbocycles. The molecule has 1 aliphatic heterocycles. The molecular formula is C14H21NO2. The van der Waals surface area contributed by atoms with Crippen molar-refractivity contribution in [1.82, 2.24) is 5.32 Å². The normalized spacial score (nSPS) is 25.8. The second-order valence-electron chi connectivity index (χ2n) is 4.61. The summed E-state index contributed by atoms with van der Waals surface area (Å²) in [5, 5.41) is 3.35. The van der Waals surface area contributed by atoms with Gasteiger partial charge in [0, 0.05) is 0 Å². The molecule has 3 heteroatoms. The van der Waals surface area contributed by atoms with Crippen LogP contribution in [-0.4, -0.2) is 26.4 Å². The third kappa shape index (κ3) is 2.79.